The fourth-order valence-electron chi connectivity index (χ4n) is 1.48. The molecule has 0 saturated heterocycles. The Bertz CT molecular complexity index is 728. The van der Waals surface area contributed by atoms with Gasteiger partial charge in [0.25, 0.3) is 15.9 Å². The predicted molar refractivity (Wildman–Crippen MR) is 74.2 cm³/mol. The van der Waals surface area contributed by atoms with Gasteiger partial charge in [-0.05, 0) is 18.2 Å². The molecule has 106 valence electrons. The van der Waals surface area contributed by atoms with Gasteiger partial charge in [0.05, 0.1) is 16.9 Å². The van der Waals surface area contributed by atoms with Crippen LogP contribution in [0.4, 0.5) is 5.69 Å². The fourth-order valence-corrected chi connectivity index (χ4v) is 2.68. The number of carbonyl (C=O) groups excluding carboxylic acids is 1. The Morgan fingerprint density at radius 3 is 2.75 bits per heavy atom. The van der Waals surface area contributed by atoms with Crippen molar-refractivity contribution >= 4 is 33.2 Å². The van der Waals surface area contributed by atoms with E-state index in [9.17, 15) is 13.2 Å². The van der Waals surface area contributed by atoms with Crippen molar-refractivity contribution in [2.24, 2.45) is 0 Å². The van der Waals surface area contributed by atoms with Gasteiger partial charge in [-0.3, -0.25) is 14.6 Å². The Kier molecular flexibility index (Phi) is 3.96. The van der Waals surface area contributed by atoms with Gasteiger partial charge in [0.1, 0.15) is 4.90 Å². The molecule has 0 unspecified atom stereocenters. The number of aromatic amines is 1. The molecule has 0 fully saturated rings. The van der Waals surface area contributed by atoms with Crippen LogP contribution in [-0.4, -0.2) is 31.6 Å². The highest BCUT2D eigenvalue weighted by Gasteiger charge is 2.17. The van der Waals surface area contributed by atoms with Crippen molar-refractivity contribution in [1.82, 2.24) is 15.5 Å². The van der Waals surface area contributed by atoms with Crippen molar-refractivity contribution in [1.29, 1.82) is 0 Å². The summed E-state index contributed by atoms with van der Waals surface area (Å²) in [6, 6.07) is 4.30. The summed E-state index contributed by atoms with van der Waals surface area (Å²) in [6.07, 6.45) is 2.40. The lowest BCUT2D eigenvalue weighted by Gasteiger charge is -2.09. The third kappa shape index (κ3) is 2.91. The van der Waals surface area contributed by atoms with E-state index in [-0.39, 0.29) is 21.5 Å². The second kappa shape index (κ2) is 5.51. The fraction of sp³-hybridized carbons (Fsp3) is 0.0909. The van der Waals surface area contributed by atoms with Gasteiger partial charge in [0, 0.05) is 18.8 Å². The maximum absolute atomic E-state index is 12.0. The van der Waals surface area contributed by atoms with E-state index < -0.39 is 10.0 Å². The summed E-state index contributed by atoms with van der Waals surface area (Å²) in [5.41, 5.74) is 0.413. The van der Waals surface area contributed by atoms with Gasteiger partial charge in [-0.25, -0.2) is 8.42 Å². The number of hydrogen-bond acceptors (Lipinski definition) is 4. The number of benzene rings is 1. The molecule has 3 N–H and O–H groups in total. The van der Waals surface area contributed by atoms with Crippen LogP contribution in [0, 0.1) is 0 Å². The van der Waals surface area contributed by atoms with Crippen LogP contribution in [-0.2, 0) is 10.0 Å². The molecule has 0 aliphatic rings. The van der Waals surface area contributed by atoms with Crippen molar-refractivity contribution in [2.45, 2.75) is 4.90 Å². The molecule has 20 heavy (non-hydrogen) atoms. The van der Waals surface area contributed by atoms with Gasteiger partial charge >= 0.3 is 0 Å². The van der Waals surface area contributed by atoms with Crippen LogP contribution >= 0.6 is 11.6 Å². The first-order valence-corrected chi connectivity index (χ1v) is 7.33. The number of hydrogen-bond donors (Lipinski definition) is 3. The van der Waals surface area contributed by atoms with Gasteiger partial charge in [-0.15, -0.1) is 0 Å². The highest BCUT2D eigenvalue weighted by atomic mass is 35.5. The molecule has 1 amide bonds. The molecule has 0 radical (unpaired) electrons. The van der Waals surface area contributed by atoms with Gasteiger partial charge < -0.3 is 5.32 Å². The molecule has 1 heterocycles. The van der Waals surface area contributed by atoms with Crippen LogP contribution < -0.4 is 10.0 Å². The number of nitrogens with one attached hydrogen (secondary N) is 3. The van der Waals surface area contributed by atoms with Crippen LogP contribution in [0.1, 0.15) is 10.4 Å². The molecule has 0 saturated carbocycles. The zero-order chi connectivity index (χ0) is 14.8. The SMILES string of the molecule is CNC(=O)c1ccc(Cl)c(NS(=O)(=O)c2cn[nH]c2)c1. The monoisotopic (exact) mass is 314 g/mol. The Balaban J connectivity index is 2.36. The van der Waals surface area contributed by atoms with E-state index >= 15 is 0 Å². The summed E-state index contributed by atoms with van der Waals surface area (Å²) in [7, 11) is -2.32. The first-order chi connectivity index (χ1) is 9.44. The second-order valence-electron chi connectivity index (χ2n) is 3.81. The molecule has 1 aromatic carbocycles. The molecular formula is C11H11ClN4O3S. The lowest BCUT2D eigenvalue weighted by atomic mass is 10.2. The van der Waals surface area contributed by atoms with Gasteiger partial charge in [-0.2, -0.15) is 5.10 Å². The molecule has 7 nitrogen and oxygen atoms in total. The number of rotatable bonds is 4. The van der Waals surface area contributed by atoms with Crippen molar-refractivity contribution in [3.8, 4) is 0 Å². The number of anilines is 1. The molecule has 2 rings (SSSR count). The van der Waals surface area contributed by atoms with E-state index in [4.69, 9.17) is 11.6 Å². The lowest BCUT2D eigenvalue weighted by molar-refractivity contribution is 0.0963. The van der Waals surface area contributed by atoms with Crippen LogP contribution in [0.15, 0.2) is 35.5 Å². The summed E-state index contributed by atoms with van der Waals surface area (Å²) < 4.78 is 26.4. The van der Waals surface area contributed by atoms with E-state index in [1.807, 2.05) is 0 Å². The summed E-state index contributed by atoms with van der Waals surface area (Å²) >= 11 is 5.93. The largest absolute Gasteiger partial charge is 0.355 e. The van der Waals surface area contributed by atoms with Crippen LogP contribution in [0.25, 0.3) is 0 Å². The molecular weight excluding hydrogens is 304 g/mol. The zero-order valence-electron chi connectivity index (χ0n) is 10.3. The molecule has 2 aromatic rings. The predicted octanol–water partition coefficient (Wildman–Crippen LogP) is 1.22. The average Bonchev–Trinajstić information content (AvgIpc) is 2.95. The molecule has 0 atom stereocenters. The number of halogens is 1. The number of aromatic nitrogens is 2. The second-order valence-corrected chi connectivity index (χ2v) is 5.90. The highest BCUT2D eigenvalue weighted by molar-refractivity contribution is 7.92. The molecule has 0 spiro atoms. The average molecular weight is 315 g/mol. The van der Waals surface area contributed by atoms with E-state index in [1.165, 1.54) is 37.6 Å². The Morgan fingerprint density at radius 2 is 2.15 bits per heavy atom. The topological polar surface area (TPSA) is 104 Å². The van der Waals surface area contributed by atoms with Crippen molar-refractivity contribution < 1.29 is 13.2 Å². The first kappa shape index (κ1) is 14.4. The van der Waals surface area contributed by atoms with Crippen molar-refractivity contribution in [3.05, 3.63) is 41.2 Å². The first-order valence-electron chi connectivity index (χ1n) is 5.47. The number of carbonyl (C=O) groups is 1. The van der Waals surface area contributed by atoms with Crippen LogP contribution in [0.5, 0.6) is 0 Å². The summed E-state index contributed by atoms with van der Waals surface area (Å²) in [5.74, 6) is -0.342. The summed E-state index contributed by atoms with van der Waals surface area (Å²) in [4.78, 5) is 11.5. The Hall–Kier alpha value is -2.06. The van der Waals surface area contributed by atoms with Crippen molar-refractivity contribution in [2.75, 3.05) is 11.8 Å². The lowest BCUT2D eigenvalue weighted by Crippen LogP contribution is -2.18. The minimum atomic E-state index is -3.80. The standard InChI is InChI=1S/C11H11ClN4O3S/c1-13-11(17)7-2-3-9(12)10(4-7)16-20(18,19)8-5-14-15-6-8/h2-6,16H,1H3,(H,13,17)(H,14,15). The molecule has 0 aliphatic carbocycles. The third-order valence-corrected chi connectivity index (χ3v) is 4.15. The van der Waals surface area contributed by atoms with Gasteiger partial charge in [0.2, 0.25) is 0 Å². The van der Waals surface area contributed by atoms with E-state index in [0.29, 0.717) is 5.56 Å². The van der Waals surface area contributed by atoms with Gasteiger partial charge in [-0.1, -0.05) is 11.6 Å². The Morgan fingerprint density at radius 1 is 1.40 bits per heavy atom. The van der Waals surface area contributed by atoms with Gasteiger partial charge in [0.15, 0.2) is 0 Å². The zero-order valence-corrected chi connectivity index (χ0v) is 11.9. The molecule has 9 heteroatoms. The normalized spacial score (nSPS) is 11.1. The van der Waals surface area contributed by atoms with Crippen LogP contribution in [0.2, 0.25) is 5.02 Å². The number of H-pyrrole nitrogens is 1. The minimum absolute atomic E-state index is 0.0288. The smallest absolute Gasteiger partial charge is 0.265 e. The number of nitrogens with zero attached hydrogens (tertiary/aromatic N) is 1. The third-order valence-electron chi connectivity index (χ3n) is 2.48. The van der Waals surface area contributed by atoms with E-state index in [0.717, 1.165) is 0 Å². The van der Waals surface area contributed by atoms with E-state index in [2.05, 4.69) is 20.2 Å². The van der Waals surface area contributed by atoms with Crippen molar-refractivity contribution in [3.63, 3.8) is 0 Å². The highest BCUT2D eigenvalue weighted by Crippen LogP contribution is 2.25. The quantitative estimate of drug-likeness (QED) is 0.789. The molecule has 1 aromatic heterocycles. The molecule has 0 aliphatic heterocycles. The number of amides is 1. The summed E-state index contributed by atoms with van der Waals surface area (Å²) in [6.45, 7) is 0. The van der Waals surface area contributed by atoms with E-state index in [1.54, 1.807) is 0 Å². The van der Waals surface area contributed by atoms with Crippen LogP contribution in [0.3, 0.4) is 0 Å². The maximum atomic E-state index is 12.0. The summed E-state index contributed by atoms with van der Waals surface area (Å²) in [5, 5.41) is 8.61. The number of sulfonamides is 1. The Labute approximate surface area is 120 Å². The molecule has 0 bridgehead atoms. The minimum Gasteiger partial charge on any atom is -0.355 e. The maximum Gasteiger partial charge on any atom is 0.265 e.